The Labute approximate surface area is 171 Å². The molecule has 0 saturated carbocycles. The van der Waals surface area contributed by atoms with E-state index in [2.05, 4.69) is 43.3 Å². The van der Waals surface area contributed by atoms with Gasteiger partial charge in [-0.25, -0.2) is 0 Å². The molecule has 3 aromatic carbocycles. The molecule has 0 unspecified atom stereocenters. The summed E-state index contributed by atoms with van der Waals surface area (Å²) in [6.07, 6.45) is 1.87. The van der Waals surface area contributed by atoms with Crippen LogP contribution in [0.4, 0.5) is 0 Å². The Hall–Kier alpha value is -3.20. The first-order valence-electron chi connectivity index (χ1n) is 10.1. The van der Waals surface area contributed by atoms with Crippen molar-refractivity contribution in [2.75, 3.05) is 0 Å². The van der Waals surface area contributed by atoms with Crippen LogP contribution in [0.2, 0.25) is 0 Å². The van der Waals surface area contributed by atoms with Gasteiger partial charge in [0.15, 0.2) is 5.78 Å². The smallest absolute Gasteiger partial charge is 0.193 e. The zero-order valence-electron chi connectivity index (χ0n) is 17.1. The second-order valence-corrected chi connectivity index (χ2v) is 7.69. The van der Waals surface area contributed by atoms with Crippen LogP contribution in [-0.2, 0) is 5.41 Å². The van der Waals surface area contributed by atoms with Crippen molar-refractivity contribution in [2.45, 2.75) is 39.0 Å². The van der Waals surface area contributed by atoms with E-state index in [-0.39, 0.29) is 11.2 Å². The molecule has 1 aliphatic rings. The molecular formula is C26H25NO2. The molecule has 1 aliphatic carbocycles. The Kier molecular flexibility index (Phi) is 4.83. The quantitative estimate of drug-likeness (QED) is 0.247. The molecule has 0 spiro atoms. The average Bonchev–Trinajstić information content (AvgIpc) is 3.07. The SMILES string of the molecule is CCC1(CC)c2cc(C(=O)c3ccccc3)ccc2-c2ccc(C(C)=NO)cc21. The average molecular weight is 383 g/mol. The van der Waals surface area contributed by atoms with Gasteiger partial charge >= 0.3 is 0 Å². The number of hydrogen-bond acceptors (Lipinski definition) is 3. The van der Waals surface area contributed by atoms with Gasteiger partial charge in [-0.15, -0.1) is 0 Å². The van der Waals surface area contributed by atoms with E-state index in [9.17, 15) is 10.0 Å². The van der Waals surface area contributed by atoms with Crippen LogP contribution < -0.4 is 0 Å². The summed E-state index contributed by atoms with van der Waals surface area (Å²) >= 11 is 0. The highest BCUT2D eigenvalue weighted by atomic mass is 16.4. The number of oxime groups is 1. The highest BCUT2D eigenvalue weighted by molar-refractivity contribution is 6.09. The molecule has 0 radical (unpaired) electrons. The van der Waals surface area contributed by atoms with Crippen molar-refractivity contribution in [1.29, 1.82) is 0 Å². The lowest BCUT2D eigenvalue weighted by molar-refractivity contribution is 0.103. The monoisotopic (exact) mass is 383 g/mol. The summed E-state index contributed by atoms with van der Waals surface area (Å²) in [4.78, 5) is 13.0. The number of carbonyl (C=O) groups is 1. The summed E-state index contributed by atoms with van der Waals surface area (Å²) in [6, 6.07) is 21.8. The number of ketones is 1. The molecule has 29 heavy (non-hydrogen) atoms. The van der Waals surface area contributed by atoms with Crippen molar-refractivity contribution in [1.82, 2.24) is 0 Å². The Bertz CT molecular complexity index is 1110. The summed E-state index contributed by atoms with van der Waals surface area (Å²) in [7, 11) is 0. The highest BCUT2D eigenvalue weighted by Gasteiger charge is 2.41. The van der Waals surface area contributed by atoms with E-state index in [1.165, 1.54) is 22.3 Å². The number of benzene rings is 3. The molecule has 146 valence electrons. The maximum atomic E-state index is 13.0. The maximum absolute atomic E-state index is 13.0. The standard InChI is InChI=1S/C26H25NO2/c1-4-26(5-2)23-15-19(17(3)27-29)11-13-21(23)22-14-12-20(16-24(22)26)25(28)18-9-7-6-8-10-18/h6-16,29H,4-5H2,1-3H3. The lowest BCUT2D eigenvalue weighted by atomic mass is 9.73. The van der Waals surface area contributed by atoms with Crippen LogP contribution in [0.3, 0.4) is 0 Å². The summed E-state index contributed by atoms with van der Waals surface area (Å²) in [5.41, 5.74) is 7.67. The normalized spacial score (nSPS) is 14.4. The molecule has 3 heteroatoms. The summed E-state index contributed by atoms with van der Waals surface area (Å²) < 4.78 is 0. The fraction of sp³-hybridized carbons (Fsp3) is 0.231. The van der Waals surface area contributed by atoms with Gasteiger partial charge in [0.2, 0.25) is 0 Å². The molecule has 0 heterocycles. The zero-order valence-corrected chi connectivity index (χ0v) is 17.1. The number of rotatable bonds is 5. The molecule has 0 saturated heterocycles. The van der Waals surface area contributed by atoms with Crippen molar-refractivity contribution in [3.63, 3.8) is 0 Å². The molecule has 0 amide bonds. The summed E-state index contributed by atoms with van der Waals surface area (Å²) in [5.74, 6) is 0.0504. The first-order valence-corrected chi connectivity index (χ1v) is 10.1. The fourth-order valence-electron chi connectivity index (χ4n) is 4.69. The molecule has 0 aromatic heterocycles. The second-order valence-electron chi connectivity index (χ2n) is 7.69. The minimum absolute atomic E-state index is 0.0504. The van der Waals surface area contributed by atoms with Crippen LogP contribution in [0.15, 0.2) is 71.9 Å². The summed E-state index contributed by atoms with van der Waals surface area (Å²) in [6.45, 7) is 6.21. The number of carbonyl (C=O) groups excluding carboxylic acids is 1. The van der Waals surface area contributed by atoms with E-state index in [1.54, 1.807) is 6.92 Å². The van der Waals surface area contributed by atoms with Gasteiger partial charge in [-0.1, -0.05) is 73.6 Å². The fourth-order valence-corrected chi connectivity index (χ4v) is 4.69. The largest absolute Gasteiger partial charge is 0.411 e. The lowest BCUT2D eigenvalue weighted by Crippen LogP contribution is -2.23. The van der Waals surface area contributed by atoms with Crippen molar-refractivity contribution in [3.8, 4) is 11.1 Å². The Balaban J connectivity index is 1.89. The predicted molar refractivity (Wildman–Crippen MR) is 117 cm³/mol. The summed E-state index contributed by atoms with van der Waals surface area (Å²) in [5, 5.41) is 12.6. The molecule has 0 fully saturated rings. The minimum atomic E-state index is -0.149. The van der Waals surface area contributed by atoms with Crippen molar-refractivity contribution >= 4 is 11.5 Å². The highest BCUT2D eigenvalue weighted by Crippen LogP contribution is 2.53. The molecular weight excluding hydrogens is 358 g/mol. The molecule has 1 N–H and O–H groups in total. The zero-order chi connectivity index (χ0) is 20.6. The van der Waals surface area contributed by atoms with Crippen molar-refractivity contribution in [2.24, 2.45) is 5.16 Å². The maximum Gasteiger partial charge on any atom is 0.193 e. The van der Waals surface area contributed by atoms with Gasteiger partial charge in [-0.2, -0.15) is 0 Å². The first kappa shape index (κ1) is 19.1. The molecule has 3 nitrogen and oxygen atoms in total. The van der Waals surface area contributed by atoms with Gasteiger partial charge in [0.05, 0.1) is 5.71 Å². The van der Waals surface area contributed by atoms with Gasteiger partial charge in [0.25, 0.3) is 0 Å². The van der Waals surface area contributed by atoms with Crippen LogP contribution in [0, 0.1) is 0 Å². The Morgan fingerprint density at radius 2 is 1.38 bits per heavy atom. The van der Waals surface area contributed by atoms with Gasteiger partial charge in [-0.3, -0.25) is 4.79 Å². The second kappa shape index (κ2) is 7.32. The number of nitrogens with zero attached hydrogens (tertiary/aromatic N) is 1. The number of hydrogen-bond donors (Lipinski definition) is 1. The topological polar surface area (TPSA) is 49.7 Å². The third kappa shape index (κ3) is 2.89. The van der Waals surface area contributed by atoms with Crippen LogP contribution >= 0.6 is 0 Å². The molecule has 4 rings (SSSR count). The van der Waals surface area contributed by atoms with Crippen molar-refractivity contribution in [3.05, 3.63) is 94.5 Å². The van der Waals surface area contributed by atoms with E-state index in [1.807, 2.05) is 42.5 Å². The van der Waals surface area contributed by atoms with E-state index in [4.69, 9.17) is 0 Å². The van der Waals surface area contributed by atoms with E-state index in [0.717, 1.165) is 24.0 Å². The third-order valence-electron chi connectivity index (χ3n) is 6.43. The van der Waals surface area contributed by atoms with E-state index >= 15 is 0 Å². The minimum Gasteiger partial charge on any atom is -0.411 e. The van der Waals surface area contributed by atoms with E-state index < -0.39 is 0 Å². The molecule has 0 aliphatic heterocycles. The van der Waals surface area contributed by atoms with Gasteiger partial charge in [0.1, 0.15) is 0 Å². The van der Waals surface area contributed by atoms with Gasteiger partial charge in [-0.05, 0) is 59.7 Å². The predicted octanol–water partition coefficient (Wildman–Crippen LogP) is 6.20. The van der Waals surface area contributed by atoms with Crippen LogP contribution in [-0.4, -0.2) is 16.7 Å². The van der Waals surface area contributed by atoms with Crippen molar-refractivity contribution < 1.29 is 10.0 Å². The van der Waals surface area contributed by atoms with E-state index in [0.29, 0.717) is 11.3 Å². The first-order chi connectivity index (χ1) is 14.1. The number of fused-ring (bicyclic) bond motifs is 3. The molecule has 0 bridgehead atoms. The van der Waals surface area contributed by atoms with Gasteiger partial charge in [0, 0.05) is 16.5 Å². The Morgan fingerprint density at radius 3 is 1.93 bits per heavy atom. The molecule has 0 atom stereocenters. The van der Waals surface area contributed by atoms with Gasteiger partial charge < -0.3 is 5.21 Å². The van der Waals surface area contributed by atoms with Crippen LogP contribution in [0.5, 0.6) is 0 Å². The molecule has 3 aromatic rings. The van der Waals surface area contributed by atoms with Crippen LogP contribution in [0.25, 0.3) is 11.1 Å². The Morgan fingerprint density at radius 1 is 0.828 bits per heavy atom. The lowest BCUT2D eigenvalue weighted by Gasteiger charge is -2.30. The third-order valence-corrected chi connectivity index (χ3v) is 6.43. The van der Waals surface area contributed by atoms with Crippen LogP contribution in [0.1, 0.15) is 66.2 Å².